The van der Waals surface area contributed by atoms with E-state index in [0.29, 0.717) is 18.6 Å². The van der Waals surface area contributed by atoms with Gasteiger partial charge in [-0.15, -0.1) is 0 Å². The van der Waals surface area contributed by atoms with Crippen LogP contribution in [0.4, 0.5) is 4.79 Å². The number of ether oxygens (including phenoxy) is 1. The molecular weight excluding hydrogens is 400 g/mol. The van der Waals surface area contributed by atoms with Crippen molar-refractivity contribution in [2.75, 3.05) is 13.2 Å². The lowest BCUT2D eigenvalue weighted by Gasteiger charge is -2.28. The topological polar surface area (TPSA) is 78.9 Å². The highest BCUT2D eigenvalue weighted by Gasteiger charge is 2.50. The highest BCUT2D eigenvalue weighted by Crippen LogP contribution is 2.32. The first kappa shape index (κ1) is 19.2. The van der Waals surface area contributed by atoms with Gasteiger partial charge in [-0.25, -0.2) is 4.79 Å². The fourth-order valence-corrected chi connectivity index (χ4v) is 4.08. The van der Waals surface area contributed by atoms with Crippen molar-refractivity contribution < 1.29 is 19.4 Å². The van der Waals surface area contributed by atoms with Crippen LogP contribution in [0.1, 0.15) is 44.9 Å². The molecule has 1 aliphatic carbocycles. The first-order valence-electron chi connectivity index (χ1n) is 9.21. The number of benzene rings is 1. The summed E-state index contributed by atoms with van der Waals surface area (Å²) < 4.78 is 6.43. The molecule has 1 aromatic carbocycles. The number of hydrogen-bond acceptors (Lipinski definition) is 4. The van der Waals surface area contributed by atoms with Gasteiger partial charge in [0.25, 0.3) is 5.91 Å². The zero-order valence-electron chi connectivity index (χ0n) is 14.7. The van der Waals surface area contributed by atoms with E-state index in [1.54, 1.807) is 12.1 Å². The third-order valence-electron chi connectivity index (χ3n) is 5.08. The van der Waals surface area contributed by atoms with Crippen LogP contribution in [-0.4, -0.2) is 46.7 Å². The molecule has 1 aliphatic heterocycles. The lowest BCUT2D eigenvalue weighted by atomic mass is 9.84. The van der Waals surface area contributed by atoms with Crippen LogP contribution in [0.2, 0.25) is 0 Å². The Bertz CT molecular complexity index is 659. The van der Waals surface area contributed by atoms with E-state index >= 15 is 0 Å². The van der Waals surface area contributed by atoms with Crippen LogP contribution in [0, 0.1) is 0 Å². The van der Waals surface area contributed by atoms with Gasteiger partial charge < -0.3 is 15.2 Å². The molecule has 1 heterocycles. The average Bonchev–Trinajstić information content (AvgIpc) is 2.82. The molecule has 1 saturated carbocycles. The number of carbonyl (C=O) groups excluding carboxylic acids is 2. The van der Waals surface area contributed by atoms with E-state index in [9.17, 15) is 14.7 Å². The van der Waals surface area contributed by atoms with Crippen LogP contribution >= 0.6 is 15.9 Å². The Morgan fingerprint density at radius 2 is 1.88 bits per heavy atom. The van der Waals surface area contributed by atoms with Gasteiger partial charge in [0.15, 0.2) is 0 Å². The van der Waals surface area contributed by atoms with Crippen molar-refractivity contribution in [3.63, 3.8) is 0 Å². The molecule has 1 atom stereocenters. The number of β-amino-alcohol motifs (C(OH)–C–C–N with tert-alkyl or cyclic N) is 1. The molecule has 2 aliphatic rings. The summed E-state index contributed by atoms with van der Waals surface area (Å²) in [5.74, 6) is 0.415. The predicted octanol–water partition coefficient (Wildman–Crippen LogP) is 3.22. The number of aliphatic hydroxyl groups excluding tert-OH is 1. The predicted molar refractivity (Wildman–Crippen MR) is 101 cm³/mol. The molecule has 0 bridgehead atoms. The molecular formula is C19H25BrN2O4. The summed E-state index contributed by atoms with van der Waals surface area (Å²) in [6.07, 6.45) is 5.67. The number of hydrogen-bond donors (Lipinski definition) is 2. The summed E-state index contributed by atoms with van der Waals surface area (Å²) in [5.41, 5.74) is -0.775. The molecule has 142 valence electrons. The van der Waals surface area contributed by atoms with Gasteiger partial charge in [-0.2, -0.15) is 0 Å². The Morgan fingerprint density at radius 1 is 1.19 bits per heavy atom. The number of rotatable bonds is 5. The number of halogens is 1. The summed E-state index contributed by atoms with van der Waals surface area (Å²) in [4.78, 5) is 26.4. The van der Waals surface area contributed by atoms with Crippen molar-refractivity contribution in [3.8, 4) is 5.75 Å². The van der Waals surface area contributed by atoms with Crippen molar-refractivity contribution in [1.29, 1.82) is 0 Å². The van der Waals surface area contributed by atoms with Gasteiger partial charge in [-0.3, -0.25) is 9.69 Å². The smallest absolute Gasteiger partial charge is 0.325 e. The van der Waals surface area contributed by atoms with Crippen molar-refractivity contribution in [1.82, 2.24) is 10.2 Å². The fraction of sp³-hybridized carbons (Fsp3) is 0.579. The lowest BCUT2D eigenvalue weighted by molar-refractivity contribution is -0.133. The van der Waals surface area contributed by atoms with E-state index in [-0.39, 0.29) is 19.1 Å². The maximum absolute atomic E-state index is 12.9. The minimum Gasteiger partial charge on any atom is -0.491 e. The Kier molecular flexibility index (Phi) is 6.19. The van der Waals surface area contributed by atoms with Crippen LogP contribution in [-0.2, 0) is 4.79 Å². The second kappa shape index (κ2) is 8.39. The minimum absolute atomic E-state index is 0.0144. The molecule has 7 heteroatoms. The third-order valence-corrected chi connectivity index (χ3v) is 5.58. The van der Waals surface area contributed by atoms with Crippen LogP contribution in [0.25, 0.3) is 0 Å². The first-order valence-corrected chi connectivity index (χ1v) is 10.00. The third kappa shape index (κ3) is 4.38. The summed E-state index contributed by atoms with van der Waals surface area (Å²) in [7, 11) is 0. The molecule has 2 fully saturated rings. The summed E-state index contributed by atoms with van der Waals surface area (Å²) in [6, 6.07) is 6.89. The second-order valence-electron chi connectivity index (χ2n) is 7.12. The molecule has 1 saturated heterocycles. The van der Waals surface area contributed by atoms with Crippen molar-refractivity contribution in [3.05, 3.63) is 28.7 Å². The Balaban J connectivity index is 1.58. The number of aliphatic hydroxyl groups is 1. The number of nitrogens with one attached hydrogen (secondary N) is 1. The largest absolute Gasteiger partial charge is 0.491 e. The average molecular weight is 425 g/mol. The zero-order valence-corrected chi connectivity index (χ0v) is 16.3. The molecule has 6 nitrogen and oxygen atoms in total. The quantitative estimate of drug-likeness (QED) is 0.711. The standard InChI is InChI=1S/C19H25BrN2O4/c20-14-7-6-8-16(11-14)26-13-15(23)12-22-17(24)19(21-18(22)25)9-4-2-1-3-5-10-19/h6-8,11,15,23H,1-5,9-10,12-13H2,(H,21,25). The van der Waals surface area contributed by atoms with E-state index < -0.39 is 17.7 Å². The number of amides is 3. The number of imide groups is 1. The van der Waals surface area contributed by atoms with Gasteiger partial charge in [0.05, 0.1) is 6.54 Å². The van der Waals surface area contributed by atoms with E-state index in [0.717, 1.165) is 35.1 Å². The maximum atomic E-state index is 12.9. The molecule has 0 aromatic heterocycles. The van der Waals surface area contributed by atoms with Gasteiger partial charge in [-0.1, -0.05) is 54.1 Å². The second-order valence-corrected chi connectivity index (χ2v) is 8.03. The minimum atomic E-state index is -0.938. The first-order chi connectivity index (χ1) is 12.5. The zero-order chi connectivity index (χ0) is 18.6. The Labute approximate surface area is 162 Å². The van der Waals surface area contributed by atoms with Gasteiger partial charge in [0, 0.05) is 4.47 Å². The van der Waals surface area contributed by atoms with Gasteiger partial charge in [0.2, 0.25) is 0 Å². The molecule has 2 N–H and O–H groups in total. The SMILES string of the molecule is O=C1NC2(CCCCCCC2)C(=O)N1CC(O)COc1cccc(Br)c1. The fourth-order valence-electron chi connectivity index (χ4n) is 3.70. The van der Waals surface area contributed by atoms with Crippen LogP contribution in [0.3, 0.4) is 0 Å². The normalized spacial score (nSPS) is 21.2. The highest BCUT2D eigenvalue weighted by atomic mass is 79.9. The van der Waals surface area contributed by atoms with Crippen LogP contribution < -0.4 is 10.1 Å². The van der Waals surface area contributed by atoms with Crippen molar-refractivity contribution in [2.45, 2.75) is 56.6 Å². The molecule has 26 heavy (non-hydrogen) atoms. The van der Waals surface area contributed by atoms with Crippen LogP contribution in [0.15, 0.2) is 28.7 Å². The van der Waals surface area contributed by atoms with Gasteiger partial charge in [-0.05, 0) is 31.0 Å². The molecule has 1 spiro atoms. The molecule has 1 unspecified atom stereocenters. The van der Waals surface area contributed by atoms with Gasteiger partial charge >= 0.3 is 6.03 Å². The number of urea groups is 1. The van der Waals surface area contributed by atoms with Gasteiger partial charge in [0.1, 0.15) is 24.0 Å². The summed E-state index contributed by atoms with van der Waals surface area (Å²) in [5, 5.41) is 13.2. The number of nitrogens with zero attached hydrogens (tertiary/aromatic N) is 1. The Morgan fingerprint density at radius 3 is 2.58 bits per heavy atom. The molecule has 0 radical (unpaired) electrons. The highest BCUT2D eigenvalue weighted by molar-refractivity contribution is 9.10. The van der Waals surface area contributed by atoms with E-state index in [1.807, 2.05) is 12.1 Å². The molecule has 1 aromatic rings. The van der Waals surface area contributed by atoms with E-state index in [2.05, 4.69) is 21.2 Å². The maximum Gasteiger partial charge on any atom is 0.325 e. The Hall–Kier alpha value is -1.60. The number of carbonyl (C=O) groups is 2. The molecule has 3 rings (SSSR count). The lowest BCUT2D eigenvalue weighted by Crippen LogP contribution is -2.48. The van der Waals surface area contributed by atoms with Crippen molar-refractivity contribution >= 4 is 27.9 Å². The van der Waals surface area contributed by atoms with E-state index in [1.165, 1.54) is 6.42 Å². The summed E-state index contributed by atoms with van der Waals surface area (Å²) >= 11 is 3.36. The van der Waals surface area contributed by atoms with Crippen LogP contribution in [0.5, 0.6) is 5.75 Å². The summed E-state index contributed by atoms with van der Waals surface area (Å²) in [6.45, 7) is -0.0407. The van der Waals surface area contributed by atoms with Crippen molar-refractivity contribution in [2.24, 2.45) is 0 Å². The van der Waals surface area contributed by atoms with E-state index in [4.69, 9.17) is 4.74 Å². The molecule has 3 amide bonds. The monoisotopic (exact) mass is 424 g/mol.